The zero-order chi connectivity index (χ0) is 18.6. The van der Waals surface area contributed by atoms with Crippen LogP contribution in [0.25, 0.3) is 0 Å². The Hall–Kier alpha value is -1.57. The zero-order valence-corrected chi connectivity index (χ0v) is 17.0. The summed E-state index contributed by atoms with van der Waals surface area (Å²) in [6.07, 6.45) is 0. The molecule has 1 unspecified atom stereocenters. The summed E-state index contributed by atoms with van der Waals surface area (Å²) in [5.41, 5.74) is 0.881. The van der Waals surface area contributed by atoms with E-state index in [-0.39, 0.29) is 16.9 Å². The highest BCUT2D eigenvalue weighted by Crippen LogP contribution is 2.30. The lowest BCUT2D eigenvalue weighted by Crippen LogP contribution is -2.31. The monoisotopic (exact) mass is 427 g/mol. The van der Waals surface area contributed by atoms with Crippen LogP contribution in [0.3, 0.4) is 0 Å². The van der Waals surface area contributed by atoms with Gasteiger partial charge in [-0.2, -0.15) is 0 Å². The Bertz CT molecular complexity index is 819. The molecule has 0 heterocycles. The Labute approximate surface area is 157 Å². The summed E-state index contributed by atoms with van der Waals surface area (Å²) in [6.45, 7) is 3.95. The van der Waals surface area contributed by atoms with Crippen molar-refractivity contribution in [1.82, 2.24) is 4.72 Å². The quantitative estimate of drug-likeness (QED) is 0.720. The van der Waals surface area contributed by atoms with Crippen molar-refractivity contribution in [3.05, 3.63) is 52.5 Å². The van der Waals surface area contributed by atoms with Crippen LogP contribution in [0.5, 0.6) is 11.5 Å². The number of sulfonamides is 1. The largest absolute Gasteiger partial charge is 0.497 e. The van der Waals surface area contributed by atoms with Crippen LogP contribution in [-0.2, 0) is 10.0 Å². The fourth-order valence-corrected chi connectivity index (χ4v) is 4.54. The van der Waals surface area contributed by atoms with Gasteiger partial charge in [-0.25, -0.2) is 13.1 Å². The van der Waals surface area contributed by atoms with E-state index in [9.17, 15) is 8.42 Å². The Morgan fingerprint density at radius 3 is 2.12 bits per heavy atom. The van der Waals surface area contributed by atoms with E-state index in [0.717, 1.165) is 11.3 Å². The van der Waals surface area contributed by atoms with Gasteiger partial charge in [-0.05, 0) is 57.7 Å². The highest BCUT2D eigenvalue weighted by atomic mass is 79.9. The Morgan fingerprint density at radius 1 is 1.00 bits per heavy atom. The highest BCUT2D eigenvalue weighted by Gasteiger charge is 2.24. The standard InChI is InChI=1S/C18H22BrNO4S/c1-12(2)18(13-5-7-14(23-3)8-6-13)20-25(21,22)15-9-10-17(24-4)16(19)11-15/h5-12,18,20H,1-4H3. The molecule has 0 saturated carbocycles. The molecule has 0 aliphatic heterocycles. The minimum Gasteiger partial charge on any atom is -0.497 e. The van der Waals surface area contributed by atoms with E-state index in [4.69, 9.17) is 9.47 Å². The number of hydrogen-bond donors (Lipinski definition) is 1. The second-order valence-corrected chi connectivity index (χ2v) is 8.48. The SMILES string of the molecule is COc1ccc(C(NS(=O)(=O)c2ccc(OC)c(Br)c2)C(C)C)cc1. The van der Waals surface area contributed by atoms with Crippen LogP contribution in [0.2, 0.25) is 0 Å². The Balaban J connectivity index is 2.32. The fourth-order valence-electron chi connectivity index (χ4n) is 2.45. The van der Waals surface area contributed by atoms with Gasteiger partial charge in [0.25, 0.3) is 0 Å². The maximum Gasteiger partial charge on any atom is 0.241 e. The van der Waals surface area contributed by atoms with Crippen molar-refractivity contribution in [3.8, 4) is 11.5 Å². The number of rotatable bonds is 7. The molecule has 0 fully saturated rings. The molecular formula is C18H22BrNO4S. The molecule has 7 heteroatoms. The first-order valence-corrected chi connectivity index (χ1v) is 10.1. The van der Waals surface area contributed by atoms with Crippen molar-refractivity contribution in [3.63, 3.8) is 0 Å². The molecule has 0 aliphatic rings. The van der Waals surface area contributed by atoms with E-state index in [2.05, 4.69) is 20.7 Å². The molecule has 5 nitrogen and oxygen atoms in total. The van der Waals surface area contributed by atoms with Gasteiger partial charge >= 0.3 is 0 Å². The number of benzene rings is 2. The first-order chi connectivity index (χ1) is 11.8. The molecule has 1 N–H and O–H groups in total. The van der Waals surface area contributed by atoms with Crippen molar-refractivity contribution >= 4 is 26.0 Å². The average molecular weight is 428 g/mol. The number of hydrogen-bond acceptors (Lipinski definition) is 4. The molecule has 0 saturated heterocycles. The lowest BCUT2D eigenvalue weighted by molar-refractivity contribution is 0.411. The summed E-state index contributed by atoms with van der Waals surface area (Å²) in [7, 11) is -0.553. The lowest BCUT2D eigenvalue weighted by Gasteiger charge is -2.23. The van der Waals surface area contributed by atoms with Crippen molar-refractivity contribution in [1.29, 1.82) is 0 Å². The molecule has 0 spiro atoms. The maximum atomic E-state index is 12.8. The molecule has 0 aliphatic carbocycles. The molecule has 2 rings (SSSR count). The third-order valence-electron chi connectivity index (χ3n) is 3.86. The average Bonchev–Trinajstić information content (AvgIpc) is 2.59. The Morgan fingerprint density at radius 2 is 1.64 bits per heavy atom. The van der Waals surface area contributed by atoms with Crippen LogP contribution in [0.1, 0.15) is 25.5 Å². The molecule has 2 aromatic carbocycles. The minimum atomic E-state index is -3.68. The van der Waals surface area contributed by atoms with Gasteiger partial charge in [-0.1, -0.05) is 26.0 Å². The van der Waals surface area contributed by atoms with Gasteiger partial charge in [0.15, 0.2) is 0 Å². The minimum absolute atomic E-state index is 0.0739. The zero-order valence-electron chi connectivity index (χ0n) is 14.6. The van der Waals surface area contributed by atoms with Crippen LogP contribution in [0, 0.1) is 5.92 Å². The van der Waals surface area contributed by atoms with Gasteiger partial charge in [-0.15, -0.1) is 0 Å². The van der Waals surface area contributed by atoms with Gasteiger partial charge in [0.1, 0.15) is 11.5 Å². The van der Waals surface area contributed by atoms with Crippen LogP contribution < -0.4 is 14.2 Å². The molecule has 136 valence electrons. The van der Waals surface area contributed by atoms with E-state index >= 15 is 0 Å². The van der Waals surface area contributed by atoms with Gasteiger partial charge in [0.2, 0.25) is 10.0 Å². The summed E-state index contributed by atoms with van der Waals surface area (Å²) in [4.78, 5) is 0.180. The van der Waals surface area contributed by atoms with Gasteiger partial charge in [0, 0.05) is 6.04 Å². The number of methoxy groups -OCH3 is 2. The van der Waals surface area contributed by atoms with E-state index in [1.54, 1.807) is 13.2 Å². The van der Waals surface area contributed by atoms with Crippen molar-refractivity contribution in [2.75, 3.05) is 14.2 Å². The summed E-state index contributed by atoms with van der Waals surface area (Å²) in [5.74, 6) is 1.38. The van der Waals surface area contributed by atoms with E-state index in [0.29, 0.717) is 10.2 Å². The van der Waals surface area contributed by atoms with E-state index < -0.39 is 10.0 Å². The lowest BCUT2D eigenvalue weighted by atomic mass is 9.97. The van der Waals surface area contributed by atoms with Crippen LogP contribution in [-0.4, -0.2) is 22.6 Å². The topological polar surface area (TPSA) is 64.6 Å². The van der Waals surface area contributed by atoms with Crippen LogP contribution in [0.4, 0.5) is 0 Å². The molecule has 0 aromatic heterocycles. The van der Waals surface area contributed by atoms with E-state index in [1.807, 2.05) is 38.1 Å². The number of ether oxygens (including phenoxy) is 2. The summed E-state index contributed by atoms with van der Waals surface area (Å²) >= 11 is 3.32. The first-order valence-electron chi connectivity index (χ1n) is 7.78. The normalized spacial score (nSPS) is 12.9. The number of nitrogens with one attached hydrogen (secondary N) is 1. The summed E-state index contributed by atoms with van der Waals surface area (Å²) in [6, 6.07) is 11.7. The second kappa shape index (κ2) is 8.21. The van der Waals surface area contributed by atoms with Crippen molar-refractivity contribution in [2.45, 2.75) is 24.8 Å². The Kier molecular flexibility index (Phi) is 6.48. The van der Waals surface area contributed by atoms with Gasteiger partial charge < -0.3 is 9.47 Å². The maximum absolute atomic E-state index is 12.8. The third kappa shape index (κ3) is 4.74. The van der Waals surface area contributed by atoms with E-state index in [1.165, 1.54) is 19.2 Å². The predicted octanol–water partition coefficient (Wildman–Crippen LogP) is 4.14. The molecule has 0 bridgehead atoms. The van der Waals surface area contributed by atoms with Crippen molar-refractivity contribution < 1.29 is 17.9 Å². The van der Waals surface area contributed by atoms with Crippen LogP contribution in [0.15, 0.2) is 51.8 Å². The predicted molar refractivity (Wildman–Crippen MR) is 102 cm³/mol. The molecule has 0 radical (unpaired) electrons. The van der Waals surface area contributed by atoms with Gasteiger partial charge in [-0.3, -0.25) is 0 Å². The molecule has 25 heavy (non-hydrogen) atoms. The smallest absolute Gasteiger partial charge is 0.241 e. The first kappa shape index (κ1) is 19.8. The highest BCUT2D eigenvalue weighted by molar-refractivity contribution is 9.10. The fraction of sp³-hybridized carbons (Fsp3) is 0.333. The molecule has 1 atom stereocenters. The van der Waals surface area contributed by atoms with Crippen molar-refractivity contribution in [2.24, 2.45) is 5.92 Å². The summed E-state index contributed by atoms with van der Waals surface area (Å²) < 4.78 is 39.3. The van der Waals surface area contributed by atoms with Gasteiger partial charge in [0.05, 0.1) is 23.6 Å². The summed E-state index contributed by atoms with van der Waals surface area (Å²) in [5, 5.41) is 0. The number of halogens is 1. The second-order valence-electron chi connectivity index (χ2n) is 5.91. The molecular weight excluding hydrogens is 406 g/mol. The third-order valence-corrected chi connectivity index (χ3v) is 5.92. The van der Waals surface area contributed by atoms with Crippen LogP contribution >= 0.6 is 15.9 Å². The molecule has 2 aromatic rings. The molecule has 0 amide bonds.